The van der Waals surface area contributed by atoms with Crippen molar-refractivity contribution in [1.82, 2.24) is 19.2 Å². The zero-order chi connectivity index (χ0) is 15.4. The van der Waals surface area contributed by atoms with E-state index in [-0.39, 0.29) is 12.1 Å². The number of carbonyl (C=O) groups excluding carboxylic acids is 1. The fourth-order valence-electron chi connectivity index (χ4n) is 2.96. The van der Waals surface area contributed by atoms with Crippen LogP contribution < -0.4 is 11.3 Å². The fourth-order valence-corrected chi connectivity index (χ4v) is 4.73. The van der Waals surface area contributed by atoms with Gasteiger partial charge in [-0.05, 0) is 31.1 Å². The number of amides is 1. The van der Waals surface area contributed by atoms with Gasteiger partial charge in [0.25, 0.3) is 5.56 Å². The predicted octanol–water partition coefficient (Wildman–Crippen LogP) is 0.802. The first-order chi connectivity index (χ1) is 10.6. The molecule has 0 saturated carbocycles. The highest BCUT2D eigenvalue weighted by Gasteiger charge is 2.24. The molecule has 4 rings (SSSR count). The zero-order valence-corrected chi connectivity index (χ0v) is 13.5. The molecular weight excluding hydrogens is 322 g/mol. The van der Waals surface area contributed by atoms with Gasteiger partial charge in [-0.15, -0.1) is 16.4 Å². The summed E-state index contributed by atoms with van der Waals surface area (Å²) in [6.45, 7) is -0.0902. The van der Waals surface area contributed by atoms with Gasteiger partial charge in [-0.2, -0.15) is 0 Å². The topological polar surface area (TPSA) is 95.3 Å². The number of nitrogens with zero attached hydrogens (tertiary/aromatic N) is 4. The van der Waals surface area contributed by atoms with Gasteiger partial charge in [0.1, 0.15) is 11.4 Å². The van der Waals surface area contributed by atoms with E-state index in [1.165, 1.54) is 25.7 Å². The Labute approximate surface area is 133 Å². The van der Waals surface area contributed by atoms with Crippen molar-refractivity contribution in [1.29, 1.82) is 0 Å². The highest BCUT2D eigenvalue weighted by Crippen LogP contribution is 2.35. The largest absolute Gasteiger partial charge is 0.368 e. The highest BCUT2D eigenvalue weighted by atomic mass is 32.2. The van der Waals surface area contributed by atoms with Crippen LogP contribution in [0.3, 0.4) is 0 Å². The molecule has 1 aliphatic carbocycles. The number of thioether (sulfide) groups is 1. The van der Waals surface area contributed by atoms with E-state index >= 15 is 0 Å². The van der Waals surface area contributed by atoms with Crippen molar-refractivity contribution in [3.63, 3.8) is 0 Å². The van der Waals surface area contributed by atoms with E-state index < -0.39 is 5.91 Å². The Hall–Kier alpha value is -1.87. The van der Waals surface area contributed by atoms with Crippen molar-refractivity contribution in [3.05, 3.63) is 20.8 Å². The number of aromatic nitrogens is 4. The summed E-state index contributed by atoms with van der Waals surface area (Å²) in [5, 5.41) is 5.52. The van der Waals surface area contributed by atoms with Crippen LogP contribution in [0.15, 0.2) is 9.95 Å². The molecule has 0 saturated heterocycles. The third-order valence-corrected chi connectivity index (χ3v) is 5.65. The van der Waals surface area contributed by atoms with E-state index in [0.29, 0.717) is 16.3 Å². The van der Waals surface area contributed by atoms with Gasteiger partial charge in [-0.1, -0.05) is 11.8 Å². The van der Waals surface area contributed by atoms with E-state index in [1.54, 1.807) is 11.3 Å². The Morgan fingerprint density at radius 2 is 2.27 bits per heavy atom. The molecule has 0 aromatic carbocycles. The van der Waals surface area contributed by atoms with Crippen molar-refractivity contribution < 1.29 is 4.79 Å². The minimum atomic E-state index is -0.513. The number of hydrogen-bond donors (Lipinski definition) is 1. The maximum atomic E-state index is 12.9. The lowest BCUT2D eigenvalue weighted by atomic mass is 10.2. The van der Waals surface area contributed by atoms with E-state index in [9.17, 15) is 9.59 Å². The highest BCUT2D eigenvalue weighted by molar-refractivity contribution is 7.98. The second-order valence-corrected chi connectivity index (χ2v) is 7.06. The molecule has 3 aromatic rings. The Kier molecular flexibility index (Phi) is 3.01. The van der Waals surface area contributed by atoms with Crippen LogP contribution in [0, 0.1) is 0 Å². The van der Waals surface area contributed by atoms with E-state index in [4.69, 9.17) is 5.73 Å². The minimum absolute atomic E-state index is 0.0902. The van der Waals surface area contributed by atoms with Crippen molar-refractivity contribution in [2.24, 2.45) is 5.73 Å². The molecule has 0 unspecified atom stereocenters. The molecule has 3 heterocycles. The van der Waals surface area contributed by atoms with Crippen LogP contribution in [0.2, 0.25) is 0 Å². The molecule has 0 fully saturated rings. The molecule has 2 N–H and O–H groups in total. The van der Waals surface area contributed by atoms with Crippen LogP contribution in [-0.4, -0.2) is 31.3 Å². The molecule has 0 atom stereocenters. The van der Waals surface area contributed by atoms with Crippen molar-refractivity contribution >= 4 is 45.0 Å². The summed E-state index contributed by atoms with van der Waals surface area (Å²) in [6.07, 6.45) is 4.88. The van der Waals surface area contributed by atoms with Crippen LogP contribution in [0.1, 0.15) is 16.9 Å². The Balaban J connectivity index is 2.12. The van der Waals surface area contributed by atoms with Crippen LogP contribution in [0.4, 0.5) is 0 Å². The van der Waals surface area contributed by atoms with Crippen molar-refractivity contribution in [2.75, 3.05) is 6.26 Å². The quantitative estimate of drug-likeness (QED) is 0.714. The summed E-state index contributed by atoms with van der Waals surface area (Å²) >= 11 is 2.92. The standard InChI is InChI=1S/C13H13N5O2S2/c1-21-13-16-17(5-8(14)19)12-15-10-9(11(20)18(12)13)6-3-2-4-7(6)22-10/h2-5H2,1H3,(H2,14,19). The Morgan fingerprint density at radius 3 is 3.00 bits per heavy atom. The second kappa shape index (κ2) is 4.82. The molecule has 9 heteroatoms. The van der Waals surface area contributed by atoms with Crippen LogP contribution in [0.5, 0.6) is 0 Å². The SMILES string of the molecule is CSc1nn(CC(N)=O)c2nc3sc4c(c3c(=O)n12)CCC4. The molecule has 1 amide bonds. The smallest absolute Gasteiger partial charge is 0.270 e. The molecule has 22 heavy (non-hydrogen) atoms. The third-order valence-electron chi connectivity index (χ3n) is 3.84. The van der Waals surface area contributed by atoms with Gasteiger partial charge in [0.2, 0.25) is 11.7 Å². The molecular formula is C13H13N5O2S2. The van der Waals surface area contributed by atoms with Gasteiger partial charge in [0.15, 0.2) is 5.16 Å². The van der Waals surface area contributed by atoms with Gasteiger partial charge in [-0.3, -0.25) is 9.59 Å². The molecule has 0 aliphatic heterocycles. The van der Waals surface area contributed by atoms with Gasteiger partial charge >= 0.3 is 0 Å². The molecule has 114 valence electrons. The maximum absolute atomic E-state index is 12.9. The molecule has 1 aliphatic rings. The average molecular weight is 335 g/mol. The first-order valence-electron chi connectivity index (χ1n) is 6.86. The van der Waals surface area contributed by atoms with Gasteiger partial charge < -0.3 is 5.73 Å². The first-order valence-corrected chi connectivity index (χ1v) is 8.90. The second-order valence-electron chi connectivity index (χ2n) is 5.20. The number of primary amides is 1. The molecule has 3 aromatic heterocycles. The number of hydrogen-bond acceptors (Lipinski definition) is 6. The molecule has 0 radical (unpaired) electrons. The van der Waals surface area contributed by atoms with Crippen LogP contribution >= 0.6 is 23.1 Å². The van der Waals surface area contributed by atoms with Gasteiger partial charge in [0.05, 0.1) is 5.39 Å². The summed E-state index contributed by atoms with van der Waals surface area (Å²) in [6, 6.07) is 0. The zero-order valence-electron chi connectivity index (χ0n) is 11.8. The molecule has 0 spiro atoms. The normalized spacial score (nSPS) is 14.0. The lowest BCUT2D eigenvalue weighted by Crippen LogP contribution is -2.21. The Morgan fingerprint density at radius 1 is 1.45 bits per heavy atom. The summed E-state index contributed by atoms with van der Waals surface area (Å²) in [5.74, 6) is -0.138. The lowest BCUT2D eigenvalue weighted by molar-refractivity contribution is -0.118. The first kappa shape index (κ1) is 13.8. The number of fused-ring (bicyclic) bond motifs is 4. The molecule has 0 bridgehead atoms. The number of carbonyl (C=O) groups is 1. The van der Waals surface area contributed by atoms with Crippen LogP contribution in [0.25, 0.3) is 16.0 Å². The monoisotopic (exact) mass is 335 g/mol. The average Bonchev–Trinajstić information content (AvgIpc) is 3.11. The van der Waals surface area contributed by atoms with E-state index in [1.807, 2.05) is 6.26 Å². The van der Waals surface area contributed by atoms with Gasteiger partial charge in [0, 0.05) is 4.88 Å². The lowest BCUT2D eigenvalue weighted by Gasteiger charge is -2.00. The summed E-state index contributed by atoms with van der Waals surface area (Å²) in [5.41, 5.74) is 6.30. The molecule has 7 nitrogen and oxygen atoms in total. The number of rotatable bonds is 3. The summed E-state index contributed by atoms with van der Waals surface area (Å²) in [7, 11) is 0. The summed E-state index contributed by atoms with van der Waals surface area (Å²) < 4.78 is 2.89. The van der Waals surface area contributed by atoms with Crippen molar-refractivity contribution in [3.8, 4) is 0 Å². The number of nitrogens with two attached hydrogens (primary N) is 1. The third kappa shape index (κ3) is 1.82. The van der Waals surface area contributed by atoms with Gasteiger partial charge in [-0.25, -0.2) is 14.1 Å². The predicted molar refractivity (Wildman–Crippen MR) is 85.6 cm³/mol. The number of aryl methyl sites for hydroxylation is 2. The van der Waals surface area contributed by atoms with E-state index in [0.717, 1.165) is 29.7 Å². The minimum Gasteiger partial charge on any atom is -0.368 e. The summed E-state index contributed by atoms with van der Waals surface area (Å²) in [4.78, 5) is 30.7. The number of thiophene rings is 1. The van der Waals surface area contributed by atoms with Crippen molar-refractivity contribution in [2.45, 2.75) is 31.0 Å². The fraction of sp³-hybridized carbons (Fsp3) is 0.385. The van der Waals surface area contributed by atoms with Crippen LogP contribution in [-0.2, 0) is 24.2 Å². The van der Waals surface area contributed by atoms with E-state index in [2.05, 4.69) is 10.1 Å². The Bertz CT molecular complexity index is 984. The maximum Gasteiger partial charge on any atom is 0.270 e.